The van der Waals surface area contributed by atoms with E-state index in [0.29, 0.717) is 25.5 Å². The monoisotopic (exact) mass is 401 g/mol. The van der Waals surface area contributed by atoms with E-state index in [0.717, 1.165) is 42.7 Å². The van der Waals surface area contributed by atoms with Crippen LogP contribution in [0, 0.1) is 18.8 Å². The van der Waals surface area contributed by atoms with Gasteiger partial charge in [0.05, 0.1) is 18.9 Å². The lowest BCUT2D eigenvalue weighted by molar-refractivity contribution is -0.284. The van der Waals surface area contributed by atoms with Crippen molar-refractivity contribution in [2.24, 2.45) is 11.8 Å². The Morgan fingerprint density at radius 2 is 1.90 bits per heavy atom. The number of carboxylic acids is 1. The van der Waals surface area contributed by atoms with Crippen molar-refractivity contribution in [3.05, 3.63) is 41.8 Å². The average molecular weight is 402 g/mol. The Morgan fingerprint density at radius 3 is 2.52 bits per heavy atom. The molecule has 0 unspecified atom stereocenters. The Bertz CT molecular complexity index is 791. The summed E-state index contributed by atoms with van der Waals surface area (Å²) in [6, 6.07) is 9.91. The zero-order valence-electron chi connectivity index (χ0n) is 17.5. The van der Waals surface area contributed by atoms with Crippen LogP contribution in [-0.4, -0.2) is 35.1 Å². The molecular weight excluding hydrogens is 370 g/mol. The van der Waals surface area contributed by atoms with Crippen LogP contribution in [0.25, 0.3) is 11.5 Å². The molecule has 0 spiro atoms. The second kappa shape index (κ2) is 9.55. The number of aliphatic carboxylic acids is 1. The molecule has 0 bridgehead atoms. The third kappa shape index (κ3) is 5.46. The highest BCUT2D eigenvalue weighted by molar-refractivity contribution is 5.75. The van der Waals surface area contributed by atoms with E-state index in [4.69, 9.17) is 13.9 Å². The molecule has 2 aromatic rings. The summed E-state index contributed by atoms with van der Waals surface area (Å²) in [7, 11) is 0. The normalized spacial score (nSPS) is 22.1. The molecule has 3 rings (SSSR count). The van der Waals surface area contributed by atoms with E-state index < -0.39 is 11.8 Å². The topological polar surface area (TPSA) is 81.8 Å². The first kappa shape index (κ1) is 21.5. The number of nitrogens with zero attached hydrogens (tertiary/aromatic N) is 1. The van der Waals surface area contributed by atoms with E-state index in [-0.39, 0.29) is 11.8 Å². The fourth-order valence-corrected chi connectivity index (χ4v) is 3.72. The minimum atomic E-state index is -1.48. The Kier molecular flexibility index (Phi) is 7.09. The highest BCUT2D eigenvalue weighted by Crippen LogP contribution is 2.31. The molecule has 1 aromatic carbocycles. The molecule has 1 fully saturated rings. The largest absolute Gasteiger partial charge is 0.477 e. The van der Waals surface area contributed by atoms with Gasteiger partial charge in [0, 0.05) is 17.9 Å². The smallest absolute Gasteiger partial charge is 0.364 e. The van der Waals surface area contributed by atoms with Gasteiger partial charge < -0.3 is 19.0 Å². The predicted octanol–water partition coefficient (Wildman–Crippen LogP) is 4.85. The lowest BCUT2D eigenvalue weighted by atomic mass is 9.98. The maximum Gasteiger partial charge on any atom is 0.364 e. The van der Waals surface area contributed by atoms with Crippen molar-refractivity contribution in [1.29, 1.82) is 0 Å². The number of aryl methyl sites for hydroxylation is 2. The van der Waals surface area contributed by atoms with E-state index in [1.807, 2.05) is 51.1 Å². The van der Waals surface area contributed by atoms with Crippen LogP contribution in [0.1, 0.15) is 51.0 Å². The highest BCUT2D eigenvalue weighted by atomic mass is 16.7. The number of hydrogen-bond donors (Lipinski definition) is 1. The van der Waals surface area contributed by atoms with E-state index in [1.54, 1.807) is 0 Å². The molecule has 0 saturated carbocycles. The Morgan fingerprint density at radius 1 is 1.21 bits per heavy atom. The molecule has 1 aliphatic rings. The Labute approximate surface area is 172 Å². The van der Waals surface area contributed by atoms with Gasteiger partial charge in [-0.3, -0.25) is 0 Å². The van der Waals surface area contributed by atoms with Crippen LogP contribution in [0.15, 0.2) is 34.7 Å². The minimum Gasteiger partial charge on any atom is -0.477 e. The standard InChI is InChI=1S/C23H31NO5/c1-16(2)13-23(22(25)26)27-14-18(15-28-23)9-7-8-12-20-17(3)29-21(24-20)19-10-5-4-6-11-19/h4-6,10-11,16,18H,7-9,12-15H2,1-3H3,(H,25,26)/t18-,23+. The SMILES string of the molecule is Cc1oc(-c2ccccc2)nc1CCCC[C@H]1CO[C@@](CC(C)C)(C(=O)O)OC1. The summed E-state index contributed by atoms with van der Waals surface area (Å²) in [6.45, 7) is 6.76. The molecule has 29 heavy (non-hydrogen) atoms. The number of carbonyl (C=O) groups is 1. The van der Waals surface area contributed by atoms with Gasteiger partial charge in [0.25, 0.3) is 5.79 Å². The summed E-state index contributed by atoms with van der Waals surface area (Å²) >= 11 is 0. The number of benzene rings is 1. The van der Waals surface area contributed by atoms with Crippen molar-refractivity contribution >= 4 is 5.97 Å². The second-order valence-corrected chi connectivity index (χ2v) is 8.28. The number of rotatable bonds is 9. The lowest BCUT2D eigenvalue weighted by Gasteiger charge is -2.38. The third-order valence-electron chi connectivity index (χ3n) is 5.30. The van der Waals surface area contributed by atoms with Crippen LogP contribution in [0.3, 0.4) is 0 Å². The van der Waals surface area contributed by atoms with E-state index in [1.165, 1.54) is 0 Å². The first-order chi connectivity index (χ1) is 13.9. The van der Waals surface area contributed by atoms with Crippen LogP contribution in [0.5, 0.6) is 0 Å². The summed E-state index contributed by atoms with van der Waals surface area (Å²) in [5.74, 6) is -0.547. The highest BCUT2D eigenvalue weighted by Gasteiger charge is 2.45. The molecule has 0 aliphatic carbocycles. The summed E-state index contributed by atoms with van der Waals surface area (Å²) in [5, 5.41) is 9.51. The van der Waals surface area contributed by atoms with Gasteiger partial charge in [-0.2, -0.15) is 0 Å². The van der Waals surface area contributed by atoms with Gasteiger partial charge in [-0.05, 0) is 44.2 Å². The molecular formula is C23H31NO5. The molecule has 158 valence electrons. The Hall–Kier alpha value is -2.18. The lowest BCUT2D eigenvalue weighted by Crippen LogP contribution is -2.51. The first-order valence-electron chi connectivity index (χ1n) is 10.4. The van der Waals surface area contributed by atoms with Crippen molar-refractivity contribution in [3.63, 3.8) is 0 Å². The van der Waals surface area contributed by atoms with Gasteiger partial charge in [-0.1, -0.05) is 38.5 Å². The zero-order valence-corrected chi connectivity index (χ0v) is 17.5. The van der Waals surface area contributed by atoms with Gasteiger partial charge in [0.1, 0.15) is 5.76 Å². The number of unbranched alkanes of at least 4 members (excludes halogenated alkanes) is 1. The minimum absolute atomic E-state index is 0.189. The van der Waals surface area contributed by atoms with Crippen LogP contribution >= 0.6 is 0 Å². The van der Waals surface area contributed by atoms with E-state index >= 15 is 0 Å². The maximum absolute atomic E-state index is 11.6. The number of aromatic nitrogens is 1. The van der Waals surface area contributed by atoms with Crippen LogP contribution in [0.4, 0.5) is 0 Å². The predicted molar refractivity (Wildman–Crippen MR) is 109 cm³/mol. The van der Waals surface area contributed by atoms with Crippen molar-refractivity contribution < 1.29 is 23.8 Å². The second-order valence-electron chi connectivity index (χ2n) is 8.28. The number of hydrogen-bond acceptors (Lipinski definition) is 5. The molecule has 0 amide bonds. The molecule has 0 atom stereocenters. The molecule has 6 nitrogen and oxygen atoms in total. The van der Waals surface area contributed by atoms with E-state index in [9.17, 15) is 9.90 Å². The molecule has 1 aliphatic heterocycles. The van der Waals surface area contributed by atoms with Gasteiger partial charge in [-0.25, -0.2) is 9.78 Å². The summed E-state index contributed by atoms with van der Waals surface area (Å²) in [6.07, 6.45) is 4.18. The number of ether oxygens (including phenoxy) is 2. The molecule has 1 N–H and O–H groups in total. The molecule has 1 saturated heterocycles. The summed E-state index contributed by atoms with van der Waals surface area (Å²) < 4.78 is 17.2. The van der Waals surface area contributed by atoms with E-state index in [2.05, 4.69) is 4.98 Å². The molecule has 2 heterocycles. The fourth-order valence-electron chi connectivity index (χ4n) is 3.72. The maximum atomic E-state index is 11.6. The summed E-state index contributed by atoms with van der Waals surface area (Å²) in [5.41, 5.74) is 1.99. The molecule has 6 heteroatoms. The van der Waals surface area contributed by atoms with Crippen molar-refractivity contribution in [2.45, 2.75) is 58.7 Å². The quantitative estimate of drug-likeness (QED) is 0.605. The van der Waals surface area contributed by atoms with Crippen molar-refractivity contribution in [3.8, 4) is 11.5 Å². The Balaban J connectivity index is 1.44. The molecule has 1 aromatic heterocycles. The van der Waals surface area contributed by atoms with Gasteiger partial charge >= 0.3 is 5.97 Å². The fraction of sp³-hybridized carbons (Fsp3) is 0.565. The first-order valence-corrected chi connectivity index (χ1v) is 10.4. The molecule has 0 radical (unpaired) electrons. The van der Waals surface area contributed by atoms with Gasteiger partial charge in [-0.15, -0.1) is 0 Å². The number of carboxylic acid groups (broad SMARTS) is 1. The zero-order chi connectivity index (χ0) is 20.9. The average Bonchev–Trinajstić information content (AvgIpc) is 3.07. The summed E-state index contributed by atoms with van der Waals surface area (Å²) in [4.78, 5) is 16.3. The van der Waals surface area contributed by atoms with Crippen molar-refractivity contribution in [2.75, 3.05) is 13.2 Å². The van der Waals surface area contributed by atoms with Gasteiger partial charge in [0.15, 0.2) is 0 Å². The van der Waals surface area contributed by atoms with Crippen LogP contribution in [-0.2, 0) is 20.7 Å². The van der Waals surface area contributed by atoms with Gasteiger partial charge in [0.2, 0.25) is 5.89 Å². The van der Waals surface area contributed by atoms with Crippen LogP contribution < -0.4 is 0 Å². The third-order valence-corrected chi connectivity index (χ3v) is 5.30. The van der Waals surface area contributed by atoms with Crippen molar-refractivity contribution in [1.82, 2.24) is 4.98 Å². The van der Waals surface area contributed by atoms with Crippen LogP contribution in [0.2, 0.25) is 0 Å². The number of oxazole rings is 1.